The molecule has 0 aliphatic carbocycles. The molecule has 0 aromatic heterocycles. The Morgan fingerprint density at radius 3 is 2.90 bits per heavy atom. The second-order valence-electron chi connectivity index (χ2n) is 4.88. The van der Waals surface area contributed by atoms with Crippen molar-refractivity contribution >= 4 is 11.9 Å². The van der Waals surface area contributed by atoms with Gasteiger partial charge in [-0.3, -0.25) is 4.79 Å². The van der Waals surface area contributed by atoms with E-state index in [1.165, 1.54) is 0 Å². The minimum Gasteiger partial charge on any atom is -0.492 e. The van der Waals surface area contributed by atoms with Crippen LogP contribution in [0.15, 0.2) is 24.3 Å². The monoisotopic (exact) mass is 277 g/mol. The van der Waals surface area contributed by atoms with E-state index in [-0.39, 0.29) is 25.0 Å². The Morgan fingerprint density at radius 1 is 1.30 bits per heavy atom. The van der Waals surface area contributed by atoms with E-state index < -0.39 is 12.1 Å². The fourth-order valence-corrected chi connectivity index (χ4v) is 2.59. The number of aliphatic carboxylic acids is 1. The summed E-state index contributed by atoms with van der Waals surface area (Å²) >= 11 is 0. The summed E-state index contributed by atoms with van der Waals surface area (Å²) in [7, 11) is 0. The molecule has 1 aromatic carbocycles. The average molecular weight is 277 g/mol. The normalized spacial score (nSPS) is 24.9. The fraction of sp³-hybridized carbons (Fsp3) is 0.429. The predicted molar refractivity (Wildman–Crippen MR) is 68.6 cm³/mol. The van der Waals surface area contributed by atoms with Crippen molar-refractivity contribution in [2.45, 2.75) is 12.0 Å². The zero-order valence-corrected chi connectivity index (χ0v) is 10.8. The number of carbonyl (C=O) groups excluding carboxylic acids is 1. The van der Waals surface area contributed by atoms with Gasteiger partial charge in [0, 0.05) is 12.1 Å². The van der Waals surface area contributed by atoms with Crippen LogP contribution in [0.4, 0.5) is 0 Å². The summed E-state index contributed by atoms with van der Waals surface area (Å²) in [6.07, 6.45) is -0.940. The lowest BCUT2D eigenvalue weighted by Gasteiger charge is -2.32. The Bertz CT molecular complexity index is 544. The number of nitrogens with zero attached hydrogens (tertiary/aromatic N) is 1. The Morgan fingerprint density at radius 2 is 2.10 bits per heavy atom. The summed E-state index contributed by atoms with van der Waals surface area (Å²) in [5.41, 5.74) is 0.871. The fourth-order valence-electron chi connectivity index (χ4n) is 2.59. The van der Waals surface area contributed by atoms with Gasteiger partial charge in [-0.05, 0) is 6.07 Å². The maximum atomic E-state index is 12.5. The Hall–Kier alpha value is -2.08. The molecule has 6 nitrogen and oxygen atoms in total. The van der Waals surface area contributed by atoms with Gasteiger partial charge in [0.2, 0.25) is 5.91 Å². The van der Waals surface area contributed by atoms with Crippen molar-refractivity contribution in [3.05, 3.63) is 29.8 Å². The van der Waals surface area contributed by atoms with E-state index in [9.17, 15) is 9.59 Å². The van der Waals surface area contributed by atoms with Crippen LogP contribution in [0.25, 0.3) is 0 Å². The first kappa shape index (κ1) is 12.9. The number of rotatable bonds is 2. The molecule has 0 saturated carbocycles. The molecule has 2 aliphatic rings. The lowest BCUT2D eigenvalue weighted by molar-refractivity contribution is -0.159. The quantitative estimate of drug-likeness (QED) is 0.850. The van der Waals surface area contributed by atoms with Gasteiger partial charge in [-0.2, -0.15) is 0 Å². The lowest BCUT2D eigenvalue weighted by atomic mass is 9.99. The van der Waals surface area contributed by atoms with Crippen molar-refractivity contribution < 1.29 is 24.2 Å². The number of carbonyl (C=O) groups is 2. The molecular formula is C14H15NO5. The van der Waals surface area contributed by atoms with Gasteiger partial charge in [-0.25, -0.2) is 4.79 Å². The van der Waals surface area contributed by atoms with E-state index >= 15 is 0 Å². The van der Waals surface area contributed by atoms with E-state index in [0.29, 0.717) is 13.2 Å². The van der Waals surface area contributed by atoms with E-state index in [1.54, 1.807) is 4.90 Å². The predicted octanol–water partition coefficient (Wildman–Crippen LogP) is 0.475. The van der Waals surface area contributed by atoms with Crippen molar-refractivity contribution in [2.75, 3.05) is 26.3 Å². The van der Waals surface area contributed by atoms with Crippen LogP contribution in [0.3, 0.4) is 0 Å². The lowest BCUT2D eigenvalue weighted by Crippen LogP contribution is -2.50. The average Bonchev–Trinajstić information content (AvgIpc) is 2.90. The molecule has 0 radical (unpaired) electrons. The third-order valence-corrected chi connectivity index (χ3v) is 3.65. The number of ether oxygens (including phenoxy) is 2. The van der Waals surface area contributed by atoms with E-state index in [1.807, 2.05) is 24.3 Å². The molecule has 6 heteroatoms. The SMILES string of the molecule is O=C(O)[C@H]1CN(C(=O)[C@@H]2COc3ccccc32)CCO1. The van der Waals surface area contributed by atoms with Crippen molar-refractivity contribution in [3.8, 4) is 5.75 Å². The largest absolute Gasteiger partial charge is 0.492 e. The van der Waals surface area contributed by atoms with Crippen LogP contribution in [0.2, 0.25) is 0 Å². The summed E-state index contributed by atoms with van der Waals surface area (Å²) in [5, 5.41) is 8.97. The maximum absolute atomic E-state index is 12.5. The van der Waals surface area contributed by atoms with Gasteiger partial charge in [-0.1, -0.05) is 18.2 Å². The molecule has 1 saturated heterocycles. The standard InChI is InChI=1S/C14H15NO5/c16-13(15-5-6-19-12(7-15)14(17)18)10-8-20-11-4-2-1-3-9(10)11/h1-4,10,12H,5-8H2,(H,17,18)/t10-,12-/m1/s1. The first-order valence-corrected chi connectivity index (χ1v) is 6.51. The zero-order valence-electron chi connectivity index (χ0n) is 10.8. The minimum absolute atomic E-state index is 0.0901. The highest BCUT2D eigenvalue weighted by Crippen LogP contribution is 2.34. The van der Waals surface area contributed by atoms with Crippen LogP contribution in [-0.4, -0.2) is 54.3 Å². The van der Waals surface area contributed by atoms with Crippen molar-refractivity contribution in [1.29, 1.82) is 0 Å². The highest BCUT2D eigenvalue weighted by Gasteiger charge is 2.36. The first-order chi connectivity index (χ1) is 9.66. The number of benzene rings is 1. The molecular weight excluding hydrogens is 262 g/mol. The van der Waals surface area contributed by atoms with Crippen LogP contribution in [-0.2, 0) is 14.3 Å². The summed E-state index contributed by atoms with van der Waals surface area (Å²) in [5.74, 6) is -0.747. The molecule has 0 bridgehead atoms. The van der Waals surface area contributed by atoms with E-state index in [4.69, 9.17) is 14.6 Å². The van der Waals surface area contributed by atoms with Crippen LogP contribution in [0.5, 0.6) is 5.75 Å². The molecule has 3 rings (SSSR count). The van der Waals surface area contributed by atoms with Crippen molar-refractivity contribution in [1.82, 2.24) is 4.90 Å². The van der Waals surface area contributed by atoms with Crippen molar-refractivity contribution in [3.63, 3.8) is 0 Å². The van der Waals surface area contributed by atoms with Gasteiger partial charge in [0.1, 0.15) is 18.3 Å². The van der Waals surface area contributed by atoms with Gasteiger partial charge in [0.05, 0.1) is 13.2 Å². The molecule has 0 unspecified atom stereocenters. The number of hydrogen-bond donors (Lipinski definition) is 1. The molecule has 106 valence electrons. The third kappa shape index (κ3) is 2.22. The second-order valence-corrected chi connectivity index (χ2v) is 4.88. The number of carboxylic acids is 1. The minimum atomic E-state index is -1.04. The second kappa shape index (κ2) is 5.13. The maximum Gasteiger partial charge on any atom is 0.334 e. The molecule has 20 heavy (non-hydrogen) atoms. The van der Waals surface area contributed by atoms with Crippen LogP contribution in [0, 0.1) is 0 Å². The van der Waals surface area contributed by atoms with Gasteiger partial charge in [0.15, 0.2) is 6.10 Å². The Balaban J connectivity index is 1.75. The van der Waals surface area contributed by atoms with Gasteiger partial charge < -0.3 is 19.5 Å². The number of carboxylic acid groups (broad SMARTS) is 1. The summed E-state index contributed by atoms with van der Waals surface area (Å²) < 4.78 is 10.6. The highest BCUT2D eigenvalue weighted by molar-refractivity contribution is 5.86. The number of amides is 1. The number of morpholine rings is 1. The third-order valence-electron chi connectivity index (χ3n) is 3.65. The van der Waals surface area contributed by atoms with Crippen molar-refractivity contribution in [2.24, 2.45) is 0 Å². The Labute approximate surface area is 115 Å². The Kier molecular flexibility index (Phi) is 3.31. The molecule has 1 fully saturated rings. The van der Waals surface area contributed by atoms with Gasteiger partial charge >= 0.3 is 5.97 Å². The summed E-state index contributed by atoms with van der Waals surface area (Å²) in [6.45, 7) is 1.07. The summed E-state index contributed by atoms with van der Waals surface area (Å²) in [4.78, 5) is 25.0. The molecule has 1 aromatic rings. The summed E-state index contributed by atoms with van der Waals surface area (Å²) in [6, 6.07) is 7.44. The van der Waals surface area contributed by atoms with E-state index in [0.717, 1.165) is 11.3 Å². The highest BCUT2D eigenvalue weighted by atomic mass is 16.5. The number of hydrogen-bond acceptors (Lipinski definition) is 4. The molecule has 2 atom stereocenters. The molecule has 2 aliphatic heterocycles. The molecule has 1 N–H and O–H groups in total. The number of para-hydroxylation sites is 1. The van der Waals surface area contributed by atoms with Crippen LogP contribution < -0.4 is 4.74 Å². The molecule has 2 heterocycles. The topological polar surface area (TPSA) is 76.1 Å². The smallest absolute Gasteiger partial charge is 0.334 e. The van der Waals surface area contributed by atoms with Gasteiger partial charge in [-0.15, -0.1) is 0 Å². The molecule has 1 amide bonds. The van der Waals surface area contributed by atoms with Crippen LogP contribution >= 0.6 is 0 Å². The van der Waals surface area contributed by atoms with Gasteiger partial charge in [0.25, 0.3) is 0 Å². The van der Waals surface area contributed by atoms with E-state index in [2.05, 4.69) is 0 Å². The zero-order chi connectivity index (χ0) is 14.1. The number of fused-ring (bicyclic) bond motifs is 1. The first-order valence-electron chi connectivity index (χ1n) is 6.51. The molecule has 0 spiro atoms. The van der Waals surface area contributed by atoms with Crippen LogP contribution in [0.1, 0.15) is 11.5 Å².